The van der Waals surface area contributed by atoms with Crippen LogP contribution in [0, 0.1) is 0 Å². The number of aliphatic carboxylic acids is 2. The van der Waals surface area contributed by atoms with E-state index in [2.05, 4.69) is 0 Å². The quantitative estimate of drug-likeness (QED) is 0.0577. The zero-order valence-electron chi connectivity index (χ0n) is 26.6. The highest BCUT2D eigenvalue weighted by Crippen LogP contribution is 2.53. The Morgan fingerprint density at radius 3 is 1.65 bits per heavy atom. The van der Waals surface area contributed by atoms with E-state index in [9.17, 15) is 65.1 Å². The Kier molecular flexibility index (Phi) is 10.3. The molecule has 52 heavy (non-hydrogen) atoms. The predicted octanol–water partition coefficient (Wildman–Crippen LogP) is 3.33. The van der Waals surface area contributed by atoms with E-state index in [0.29, 0.717) is 0 Å². The third-order valence-corrected chi connectivity index (χ3v) is 8.04. The first-order valence-electron chi connectivity index (χ1n) is 15.2. The summed E-state index contributed by atoms with van der Waals surface area (Å²) in [5.74, 6) is -10.8. The molecule has 0 aromatic heterocycles. The number of rotatable bonds is 12. The smallest absolute Gasteiger partial charge is 0.345 e. The molecule has 0 aliphatic carbocycles. The van der Waals surface area contributed by atoms with Gasteiger partial charge in [-0.25, -0.2) is 14.4 Å². The normalized spacial score (nSPS) is 16.0. The molecule has 0 bridgehead atoms. The van der Waals surface area contributed by atoms with Crippen molar-refractivity contribution in [2.24, 2.45) is 0 Å². The molecule has 9 N–H and O–H groups in total. The number of phenolic OH excluding ortho intramolecular Hbond substituents is 7. The van der Waals surface area contributed by atoms with Gasteiger partial charge in [0.05, 0.1) is 0 Å². The zero-order valence-corrected chi connectivity index (χ0v) is 26.6. The van der Waals surface area contributed by atoms with Gasteiger partial charge in [-0.3, -0.25) is 4.79 Å². The van der Waals surface area contributed by atoms with Gasteiger partial charge < -0.3 is 60.2 Å². The monoisotopic (exact) mass is 718 g/mol. The fourth-order valence-corrected chi connectivity index (χ4v) is 5.49. The number of carboxylic acid groups (broad SMARTS) is 2. The van der Waals surface area contributed by atoms with E-state index in [1.807, 2.05) is 0 Å². The van der Waals surface area contributed by atoms with Crippen LogP contribution in [0.4, 0.5) is 0 Å². The Bertz CT molecular complexity index is 2090. The first kappa shape index (κ1) is 36.2. The Morgan fingerprint density at radius 1 is 0.635 bits per heavy atom. The molecule has 0 unspecified atom stereocenters. The number of benzene rings is 4. The minimum atomic E-state index is -1.84. The lowest BCUT2D eigenvalue weighted by Gasteiger charge is -2.22. The number of carboxylic acids is 2. The first-order chi connectivity index (χ1) is 24.6. The number of hydrogen-bond acceptors (Lipinski definition) is 14. The number of hydrogen-bond donors (Lipinski definition) is 9. The van der Waals surface area contributed by atoms with Crippen LogP contribution < -0.4 is 4.74 Å². The number of esters is 2. The number of ether oxygens (including phenoxy) is 3. The highest BCUT2D eigenvalue weighted by atomic mass is 16.6. The molecule has 270 valence electrons. The lowest BCUT2D eigenvalue weighted by atomic mass is 9.87. The van der Waals surface area contributed by atoms with E-state index in [-0.39, 0.29) is 40.0 Å². The van der Waals surface area contributed by atoms with E-state index in [1.54, 1.807) is 0 Å². The molecule has 1 aliphatic rings. The van der Waals surface area contributed by atoms with Crippen LogP contribution in [0.25, 0.3) is 6.08 Å². The van der Waals surface area contributed by atoms with Gasteiger partial charge in [0.2, 0.25) is 12.2 Å². The van der Waals surface area contributed by atoms with Gasteiger partial charge in [0.1, 0.15) is 12.0 Å². The number of aromatic hydroxyl groups is 7. The highest BCUT2D eigenvalue weighted by molar-refractivity contribution is 5.92. The number of carbonyl (C=O) groups excluding carboxylic acids is 2. The van der Waals surface area contributed by atoms with Crippen LogP contribution in [-0.2, 0) is 41.5 Å². The van der Waals surface area contributed by atoms with Crippen molar-refractivity contribution in [2.75, 3.05) is 0 Å². The van der Waals surface area contributed by atoms with Gasteiger partial charge in [-0.1, -0.05) is 24.3 Å². The van der Waals surface area contributed by atoms with Crippen molar-refractivity contribution in [1.29, 1.82) is 0 Å². The third-order valence-electron chi connectivity index (χ3n) is 8.04. The van der Waals surface area contributed by atoms with Gasteiger partial charge in [-0.2, -0.15) is 0 Å². The van der Waals surface area contributed by atoms with Crippen molar-refractivity contribution < 1.29 is 79.3 Å². The Hall–Kier alpha value is -7.10. The van der Waals surface area contributed by atoms with Gasteiger partial charge >= 0.3 is 23.9 Å². The van der Waals surface area contributed by atoms with E-state index < -0.39 is 94.8 Å². The van der Waals surface area contributed by atoms with Crippen molar-refractivity contribution in [3.05, 3.63) is 101 Å². The van der Waals surface area contributed by atoms with Crippen molar-refractivity contribution in [3.63, 3.8) is 0 Å². The number of carbonyl (C=O) groups is 4. The molecular formula is C36H30O16. The summed E-state index contributed by atoms with van der Waals surface area (Å²) in [7, 11) is 0. The molecule has 0 fully saturated rings. The highest BCUT2D eigenvalue weighted by Gasteiger charge is 2.46. The maximum Gasteiger partial charge on any atom is 0.345 e. The van der Waals surface area contributed by atoms with Crippen LogP contribution in [0.1, 0.15) is 39.8 Å². The van der Waals surface area contributed by atoms with Gasteiger partial charge in [0, 0.05) is 24.5 Å². The van der Waals surface area contributed by atoms with E-state index in [0.717, 1.165) is 54.6 Å². The van der Waals surface area contributed by atoms with E-state index in [1.165, 1.54) is 24.3 Å². The van der Waals surface area contributed by atoms with Crippen molar-refractivity contribution in [1.82, 2.24) is 0 Å². The molecule has 0 spiro atoms. The standard InChI is InChI=1S/C36H30O16/c37-20-6-1-16(11-24(20)41)13-27(34(45)46)50-29(44)10-5-18-3-9-23(40)33-30(18)31(32(52-33)19-4-8-22(39)26(43)15-19)36(49)51-28(35(47)48)14-17-2-7-21(38)25(42)12-17/h1-12,15,27-28,31-32,37-43H,13-14H2,(H,45,46)(H,47,48)/b10-5+/t27-,28-,31+,32-/m0/s1. The molecule has 0 saturated heterocycles. The van der Waals surface area contributed by atoms with Crippen molar-refractivity contribution in [2.45, 2.75) is 37.1 Å². The fourth-order valence-electron chi connectivity index (χ4n) is 5.49. The second-order valence-electron chi connectivity index (χ2n) is 11.6. The van der Waals surface area contributed by atoms with Gasteiger partial charge in [0.15, 0.2) is 46.0 Å². The molecule has 1 heterocycles. The molecule has 5 rings (SSSR count). The number of fused-ring (bicyclic) bond motifs is 1. The summed E-state index contributed by atoms with van der Waals surface area (Å²) in [6, 6.07) is 13.0. The van der Waals surface area contributed by atoms with Crippen LogP contribution in [0.15, 0.2) is 72.8 Å². The van der Waals surface area contributed by atoms with Crippen LogP contribution in [-0.4, -0.2) is 82.0 Å². The van der Waals surface area contributed by atoms with Crippen LogP contribution in [0.2, 0.25) is 0 Å². The van der Waals surface area contributed by atoms with Gasteiger partial charge in [0.25, 0.3) is 0 Å². The Labute approximate surface area is 292 Å². The fraction of sp³-hybridized carbons (Fsp3) is 0.167. The van der Waals surface area contributed by atoms with Crippen LogP contribution in [0.5, 0.6) is 46.0 Å². The second kappa shape index (κ2) is 14.8. The number of phenols is 7. The van der Waals surface area contributed by atoms with Crippen molar-refractivity contribution >= 4 is 30.0 Å². The summed E-state index contributed by atoms with van der Waals surface area (Å²) in [6.45, 7) is 0. The topological polar surface area (TPSA) is 278 Å². The molecule has 4 aromatic rings. The summed E-state index contributed by atoms with van der Waals surface area (Å²) in [5, 5.41) is 89.1. The van der Waals surface area contributed by atoms with Crippen LogP contribution >= 0.6 is 0 Å². The van der Waals surface area contributed by atoms with E-state index in [4.69, 9.17) is 14.2 Å². The lowest BCUT2D eigenvalue weighted by Crippen LogP contribution is -2.33. The molecule has 16 heteroatoms. The zero-order chi connectivity index (χ0) is 37.9. The Morgan fingerprint density at radius 2 is 1.13 bits per heavy atom. The SMILES string of the molecule is O=C(/C=C/c1ccc(O)c2c1[C@@H](C(=O)O[C@@H](Cc1ccc(O)c(O)c1)C(=O)O)[C@H](c1ccc(O)c(O)c1)O2)O[C@@H](Cc1ccc(O)c(O)c1)C(=O)O. The third kappa shape index (κ3) is 7.86. The average molecular weight is 719 g/mol. The largest absolute Gasteiger partial charge is 0.504 e. The van der Waals surface area contributed by atoms with Crippen LogP contribution in [0.3, 0.4) is 0 Å². The molecule has 0 amide bonds. The van der Waals surface area contributed by atoms with Gasteiger partial charge in [-0.15, -0.1) is 0 Å². The van der Waals surface area contributed by atoms with Gasteiger partial charge in [-0.05, 0) is 70.8 Å². The first-order valence-corrected chi connectivity index (χ1v) is 15.2. The minimum Gasteiger partial charge on any atom is -0.504 e. The molecule has 16 nitrogen and oxygen atoms in total. The molecule has 0 radical (unpaired) electrons. The maximum absolute atomic E-state index is 13.9. The summed E-state index contributed by atoms with van der Waals surface area (Å²) in [6.07, 6.45) is -3.85. The van der Waals surface area contributed by atoms with E-state index >= 15 is 0 Å². The molecular weight excluding hydrogens is 688 g/mol. The second-order valence-corrected chi connectivity index (χ2v) is 11.6. The molecule has 4 atom stereocenters. The lowest BCUT2D eigenvalue weighted by molar-refractivity contribution is -0.166. The Balaban J connectivity index is 1.47. The summed E-state index contributed by atoms with van der Waals surface area (Å²) in [4.78, 5) is 50.9. The summed E-state index contributed by atoms with van der Waals surface area (Å²) < 4.78 is 16.5. The predicted molar refractivity (Wildman–Crippen MR) is 175 cm³/mol. The minimum absolute atomic E-state index is 0.0443. The average Bonchev–Trinajstić information content (AvgIpc) is 3.50. The molecule has 4 aromatic carbocycles. The summed E-state index contributed by atoms with van der Waals surface area (Å²) in [5.41, 5.74) is 0.445. The summed E-state index contributed by atoms with van der Waals surface area (Å²) >= 11 is 0. The van der Waals surface area contributed by atoms with Crippen molar-refractivity contribution in [3.8, 4) is 46.0 Å². The maximum atomic E-state index is 13.9. The molecule has 1 aliphatic heterocycles. The molecule has 0 saturated carbocycles.